The van der Waals surface area contributed by atoms with Crippen LogP contribution in [-0.2, 0) is 5.66 Å². The van der Waals surface area contributed by atoms with Crippen molar-refractivity contribution in [3.63, 3.8) is 0 Å². The third-order valence-corrected chi connectivity index (χ3v) is 9.92. The highest BCUT2D eigenvalue weighted by molar-refractivity contribution is 6.19. The quantitative estimate of drug-likeness (QED) is 0.164. The van der Waals surface area contributed by atoms with Gasteiger partial charge in [-0.25, -0.2) is 0 Å². The molecule has 0 radical (unpaired) electrons. The molecule has 1 atom stereocenters. The van der Waals surface area contributed by atoms with Crippen LogP contribution in [0.5, 0.6) is 11.6 Å². The number of hydrogen-bond donors (Lipinski definition) is 0. The van der Waals surface area contributed by atoms with Crippen LogP contribution in [0, 0.1) is 0 Å². The number of para-hydroxylation sites is 1. The van der Waals surface area contributed by atoms with Gasteiger partial charge in [-0.15, -0.1) is 4.57 Å². The number of hydrogen-bond acceptors (Lipinski definition) is 2. The van der Waals surface area contributed by atoms with Gasteiger partial charge in [-0.2, -0.15) is 13.5 Å². The van der Waals surface area contributed by atoms with Gasteiger partial charge in [0, 0.05) is 45.3 Å². The number of aromatic nitrogens is 5. The van der Waals surface area contributed by atoms with Gasteiger partial charge >= 0.3 is 11.3 Å². The van der Waals surface area contributed by atoms with Crippen LogP contribution in [0.3, 0.4) is 0 Å². The number of fused-ring (bicyclic) bond motifs is 11. The summed E-state index contributed by atoms with van der Waals surface area (Å²) in [5.74, 6) is 2.85. The van der Waals surface area contributed by atoms with Crippen molar-refractivity contribution in [1.82, 2.24) is 14.0 Å². The van der Waals surface area contributed by atoms with Crippen LogP contribution < -0.4 is 13.9 Å². The zero-order chi connectivity index (χ0) is 26.9. The molecular weight excluding hydrogens is 518 g/mol. The highest BCUT2D eigenvalue weighted by atomic mass is 16.5. The molecule has 3 aliphatic heterocycles. The van der Waals surface area contributed by atoms with E-state index in [9.17, 15) is 0 Å². The van der Waals surface area contributed by atoms with Crippen molar-refractivity contribution in [1.29, 1.82) is 0 Å². The van der Waals surface area contributed by atoms with Crippen LogP contribution in [0.25, 0.3) is 65.8 Å². The lowest BCUT2D eigenvalue weighted by molar-refractivity contribution is -0.958. The molecule has 6 heteroatoms. The Morgan fingerprint density at radius 2 is 1.45 bits per heavy atom. The Kier molecular flexibility index (Phi) is 3.01. The van der Waals surface area contributed by atoms with E-state index >= 15 is 0 Å². The van der Waals surface area contributed by atoms with Gasteiger partial charge in [0.2, 0.25) is 5.69 Å². The lowest BCUT2D eigenvalue weighted by Crippen LogP contribution is -2.76. The van der Waals surface area contributed by atoms with E-state index in [0.29, 0.717) is 0 Å². The predicted octanol–water partition coefficient (Wildman–Crippen LogP) is 6.50. The summed E-state index contributed by atoms with van der Waals surface area (Å²) < 4.78 is 16.7. The molecule has 42 heavy (non-hydrogen) atoms. The summed E-state index contributed by atoms with van der Waals surface area (Å²) in [5, 5.41) is 7.23. The molecule has 6 nitrogen and oxygen atoms in total. The molecule has 3 aromatic carbocycles. The van der Waals surface area contributed by atoms with E-state index in [1.165, 1.54) is 43.8 Å². The van der Waals surface area contributed by atoms with Crippen molar-refractivity contribution in [3.8, 4) is 17.4 Å². The number of nitrogens with zero attached hydrogens (tertiary/aromatic N) is 5. The Morgan fingerprint density at radius 3 is 2.40 bits per heavy atom. The van der Waals surface area contributed by atoms with Crippen molar-refractivity contribution in [2.45, 2.75) is 5.66 Å². The fourth-order valence-corrected chi connectivity index (χ4v) is 8.58. The number of rotatable bonds is 0. The van der Waals surface area contributed by atoms with E-state index < -0.39 is 5.66 Å². The molecule has 0 N–H and O–H groups in total. The molecule has 0 bridgehead atoms. The lowest BCUT2D eigenvalue weighted by atomic mass is 9.87. The first-order chi connectivity index (χ1) is 20.9. The summed E-state index contributed by atoms with van der Waals surface area (Å²) in [4.78, 5) is 4.99. The minimum Gasteiger partial charge on any atom is -0.422 e. The standard InChI is InChI=1S/C36H19N5O/c1-2-10-24-22(9-1)33-31-21(11-7-18-37-31)25-15-17-29-41-35(25)40(33)34(24)36(41)30-27(42-29)16-14-23-20-8-3-4-12-26(20)39(32(23)30)28-13-5-6-19-38(28)36/h1-19H/q+2. The van der Waals surface area contributed by atoms with Crippen LogP contribution in [-0.4, -0.2) is 14.0 Å². The molecule has 1 spiro atoms. The number of ether oxygens (including phenoxy) is 1. The maximum absolute atomic E-state index is 6.87. The van der Waals surface area contributed by atoms with Gasteiger partial charge in [0.05, 0.1) is 11.6 Å². The predicted molar refractivity (Wildman–Crippen MR) is 161 cm³/mol. The lowest BCUT2D eigenvalue weighted by Gasteiger charge is -2.34. The summed E-state index contributed by atoms with van der Waals surface area (Å²) in [7, 11) is 0. The number of pyridine rings is 4. The molecule has 9 aromatic rings. The highest BCUT2D eigenvalue weighted by Gasteiger charge is 2.67. The van der Waals surface area contributed by atoms with Crippen molar-refractivity contribution in [2.24, 2.45) is 0 Å². The normalized spacial score (nSPS) is 17.3. The molecule has 0 saturated heterocycles. The Balaban J connectivity index is 1.48. The summed E-state index contributed by atoms with van der Waals surface area (Å²) in [6.45, 7) is 0. The van der Waals surface area contributed by atoms with Gasteiger partial charge in [-0.1, -0.05) is 36.4 Å². The van der Waals surface area contributed by atoms with E-state index in [1.807, 2.05) is 12.3 Å². The molecule has 0 fully saturated rings. The summed E-state index contributed by atoms with van der Waals surface area (Å²) >= 11 is 0. The number of benzene rings is 3. The first kappa shape index (κ1) is 20.2. The monoisotopic (exact) mass is 537 g/mol. The molecular formula is C36H19N5O+2. The summed E-state index contributed by atoms with van der Waals surface area (Å²) in [5.41, 5.74) is 7.37. The smallest absolute Gasteiger partial charge is 0.354 e. The second kappa shape index (κ2) is 6.26. The fraction of sp³-hybridized carbons (Fsp3) is 0.0278. The van der Waals surface area contributed by atoms with Crippen LogP contribution >= 0.6 is 0 Å². The van der Waals surface area contributed by atoms with Crippen LogP contribution in [0.1, 0.15) is 11.3 Å². The van der Waals surface area contributed by atoms with Gasteiger partial charge in [0.1, 0.15) is 22.3 Å². The van der Waals surface area contributed by atoms with Gasteiger partial charge in [-0.05, 0) is 54.6 Å². The van der Waals surface area contributed by atoms with Crippen molar-refractivity contribution in [3.05, 3.63) is 127 Å². The van der Waals surface area contributed by atoms with Gasteiger partial charge in [-0.3, -0.25) is 4.98 Å². The molecule has 192 valence electrons. The first-order valence-electron chi connectivity index (χ1n) is 14.3. The zero-order valence-corrected chi connectivity index (χ0v) is 22.1. The molecule has 12 rings (SSSR count). The Hall–Kier alpha value is -5.75. The molecule has 9 heterocycles. The maximum Gasteiger partial charge on any atom is 0.354 e. The van der Waals surface area contributed by atoms with E-state index in [0.717, 1.165) is 44.9 Å². The zero-order valence-electron chi connectivity index (χ0n) is 22.1. The van der Waals surface area contributed by atoms with E-state index in [4.69, 9.17) is 9.72 Å². The van der Waals surface area contributed by atoms with Crippen molar-refractivity contribution < 1.29 is 13.9 Å². The van der Waals surface area contributed by atoms with Crippen LogP contribution in [0.15, 0.2) is 116 Å². The third kappa shape index (κ3) is 1.82. The fourth-order valence-electron chi connectivity index (χ4n) is 8.58. The SMILES string of the molecule is c1cc[n+]2c(c1)-n1c3ccccc3c3ccc4c(c31)C21c2c3ccccc3c3c5ncccc5c5ccc([n+]1c5n23)O4. The van der Waals surface area contributed by atoms with Crippen molar-refractivity contribution >= 4 is 60.0 Å². The average molecular weight is 538 g/mol. The van der Waals surface area contributed by atoms with Crippen LogP contribution in [0.4, 0.5) is 0 Å². The maximum atomic E-state index is 6.87. The summed E-state index contributed by atoms with van der Waals surface area (Å²) in [6.07, 6.45) is 4.16. The Morgan fingerprint density at radius 1 is 0.667 bits per heavy atom. The van der Waals surface area contributed by atoms with Gasteiger partial charge in [0.15, 0.2) is 11.0 Å². The molecule has 6 aromatic heterocycles. The second-order valence-electron chi connectivity index (χ2n) is 11.6. The highest BCUT2D eigenvalue weighted by Crippen LogP contribution is 2.54. The molecule has 3 aliphatic rings. The third-order valence-electron chi connectivity index (χ3n) is 9.92. The van der Waals surface area contributed by atoms with Gasteiger partial charge in [0.25, 0.3) is 11.7 Å². The molecule has 0 aliphatic carbocycles. The van der Waals surface area contributed by atoms with Gasteiger partial charge < -0.3 is 4.74 Å². The average Bonchev–Trinajstić information content (AvgIpc) is 3.68. The second-order valence-corrected chi connectivity index (χ2v) is 11.6. The summed E-state index contributed by atoms with van der Waals surface area (Å²) in [6, 6.07) is 37.1. The first-order valence-corrected chi connectivity index (χ1v) is 14.3. The molecule has 1 unspecified atom stereocenters. The Bertz CT molecular complexity index is 2790. The van der Waals surface area contributed by atoms with Crippen LogP contribution in [0.2, 0.25) is 0 Å². The topological polar surface area (TPSA) is 39.2 Å². The largest absolute Gasteiger partial charge is 0.422 e. The van der Waals surface area contributed by atoms with Crippen molar-refractivity contribution in [2.75, 3.05) is 0 Å². The molecule has 0 saturated carbocycles. The minimum atomic E-state index is -0.714. The minimum absolute atomic E-state index is 0.714. The Labute approximate surface area is 237 Å². The van der Waals surface area contributed by atoms with E-state index in [1.54, 1.807) is 0 Å². The molecule has 0 amide bonds. The van der Waals surface area contributed by atoms with E-state index in [-0.39, 0.29) is 0 Å². The van der Waals surface area contributed by atoms with E-state index in [2.05, 4.69) is 121 Å².